The first-order valence-corrected chi connectivity index (χ1v) is 9.33. The number of allylic oxidation sites excluding steroid dienone is 1. The van der Waals surface area contributed by atoms with Gasteiger partial charge in [-0.05, 0) is 18.4 Å². The van der Waals surface area contributed by atoms with Crippen LogP contribution in [0.5, 0.6) is 0 Å². The number of nitrogens with one attached hydrogen (secondary N) is 1. The van der Waals surface area contributed by atoms with Crippen molar-refractivity contribution in [2.24, 2.45) is 15.9 Å². The van der Waals surface area contributed by atoms with E-state index in [1.165, 1.54) is 0 Å². The summed E-state index contributed by atoms with van der Waals surface area (Å²) in [5, 5.41) is 0. The van der Waals surface area contributed by atoms with Crippen molar-refractivity contribution in [2.45, 2.75) is 31.7 Å². The smallest absolute Gasteiger partial charge is 0.410 e. The highest BCUT2D eigenvalue weighted by molar-refractivity contribution is 5.82. The number of ether oxygens (including phenoxy) is 1. The number of piperidine rings is 1. The number of hydrogen-bond donors (Lipinski definition) is 1. The molecule has 1 saturated heterocycles. The summed E-state index contributed by atoms with van der Waals surface area (Å²) in [4.78, 5) is 22.7. The van der Waals surface area contributed by atoms with Crippen molar-refractivity contribution in [3.05, 3.63) is 59.7 Å². The van der Waals surface area contributed by atoms with Gasteiger partial charge in [-0.2, -0.15) is 13.2 Å². The van der Waals surface area contributed by atoms with Gasteiger partial charge in [-0.3, -0.25) is 9.89 Å². The third-order valence-corrected chi connectivity index (χ3v) is 5.26. The molecule has 6 nitrogen and oxygen atoms in total. The number of hydrogen-bond acceptors (Lipinski definition) is 4. The Morgan fingerprint density at radius 2 is 2.00 bits per heavy atom. The summed E-state index contributed by atoms with van der Waals surface area (Å²) in [6.45, 7) is -0.175. The Balaban J connectivity index is 0.00000256. The summed E-state index contributed by atoms with van der Waals surface area (Å²) in [6.07, 6.45) is 1.40. The standard InChI is InChI=1S/C20H19F3N4O2.ClH/c21-20(22,23)17-7-6-15(18-16-10-24-8-9-26(16)13-25-18)11-27(17)19(28)29-12-14-4-2-1-3-5-14;/h1-5,8-10,13,15,17H,6-7,11-12H2;1H. The van der Waals surface area contributed by atoms with Crippen LogP contribution in [0.15, 0.2) is 64.1 Å². The molecule has 3 atom stereocenters. The van der Waals surface area contributed by atoms with Gasteiger partial charge in [0.15, 0.2) is 12.0 Å². The molecule has 0 spiro atoms. The molecule has 1 aromatic carbocycles. The molecule has 0 bridgehead atoms. The molecule has 0 aliphatic carbocycles. The lowest BCUT2D eigenvalue weighted by atomic mass is 9.89. The number of fused-ring (bicyclic) bond motifs is 1. The van der Waals surface area contributed by atoms with E-state index in [0.717, 1.165) is 15.5 Å². The molecule has 1 aromatic rings. The van der Waals surface area contributed by atoms with E-state index in [4.69, 9.17) is 4.74 Å². The Kier molecular flexibility index (Phi) is 6.62. The van der Waals surface area contributed by atoms with Crippen LogP contribution in [0.4, 0.5) is 18.0 Å². The fraction of sp³-hybridized carbons (Fsp3) is 0.350. The second-order valence-electron chi connectivity index (χ2n) is 7.13. The van der Waals surface area contributed by atoms with Crippen LogP contribution in [0.1, 0.15) is 18.4 Å². The lowest BCUT2D eigenvalue weighted by Crippen LogP contribution is -3.04. The molecule has 0 aromatic heterocycles. The van der Waals surface area contributed by atoms with Crippen LogP contribution >= 0.6 is 0 Å². The largest absolute Gasteiger partial charge is 1.00 e. The van der Waals surface area contributed by atoms with Crippen molar-refractivity contribution in [3.8, 4) is 0 Å². The predicted molar refractivity (Wildman–Crippen MR) is 100 cm³/mol. The summed E-state index contributed by atoms with van der Waals surface area (Å²) in [6, 6.07) is 7.01. The molecule has 3 unspecified atom stereocenters. The van der Waals surface area contributed by atoms with E-state index in [1.54, 1.807) is 49.2 Å². The van der Waals surface area contributed by atoms with Gasteiger partial charge in [-0.25, -0.2) is 14.7 Å². The molecule has 10 heteroatoms. The summed E-state index contributed by atoms with van der Waals surface area (Å²) in [7, 11) is 0. The lowest BCUT2D eigenvalue weighted by Gasteiger charge is -2.39. The number of likely N-dealkylation sites (tertiary alicyclic amines) is 1. The van der Waals surface area contributed by atoms with Crippen molar-refractivity contribution < 1.29 is 40.0 Å². The Morgan fingerprint density at radius 3 is 2.73 bits per heavy atom. The Bertz CT molecular complexity index is 899. The van der Waals surface area contributed by atoms with Crippen LogP contribution in [-0.2, 0) is 11.3 Å². The van der Waals surface area contributed by atoms with Crippen molar-refractivity contribution in [3.63, 3.8) is 0 Å². The SMILES string of the molecule is O=C(OCc1ccccc1)N1CC(C2=C3C=NC=C[NH+]3C=N2)CCC1C(F)(F)F.[Cl-]. The van der Waals surface area contributed by atoms with Crippen LogP contribution in [0.2, 0.25) is 0 Å². The van der Waals surface area contributed by atoms with Crippen LogP contribution in [0.25, 0.3) is 0 Å². The van der Waals surface area contributed by atoms with Crippen molar-refractivity contribution in [1.82, 2.24) is 4.90 Å². The summed E-state index contributed by atoms with van der Waals surface area (Å²) in [5.41, 5.74) is 2.20. The highest BCUT2D eigenvalue weighted by Crippen LogP contribution is 2.37. The number of benzene rings is 1. The van der Waals surface area contributed by atoms with Gasteiger partial charge in [0.25, 0.3) is 0 Å². The Labute approximate surface area is 177 Å². The van der Waals surface area contributed by atoms with Crippen molar-refractivity contribution in [1.29, 1.82) is 0 Å². The number of quaternary nitrogens is 1. The average Bonchev–Trinajstić information content (AvgIpc) is 3.16. The number of aliphatic imine (C=N–C) groups is 2. The average molecular weight is 441 g/mol. The van der Waals surface area contributed by atoms with Crippen molar-refractivity contribution in [2.75, 3.05) is 6.54 Å². The third kappa shape index (κ3) is 4.57. The summed E-state index contributed by atoms with van der Waals surface area (Å²) < 4.78 is 45.9. The van der Waals surface area contributed by atoms with Gasteiger partial charge in [0.05, 0.1) is 12.4 Å². The van der Waals surface area contributed by atoms with Crippen molar-refractivity contribution >= 4 is 18.6 Å². The molecule has 1 amide bonds. The maximum absolute atomic E-state index is 13.6. The van der Waals surface area contributed by atoms with Gasteiger partial charge < -0.3 is 17.1 Å². The Morgan fingerprint density at radius 1 is 1.23 bits per heavy atom. The fourth-order valence-corrected chi connectivity index (χ4v) is 3.80. The quantitative estimate of drug-likeness (QED) is 0.699. The number of alkyl halides is 3. The monoisotopic (exact) mass is 440 g/mol. The van der Waals surface area contributed by atoms with E-state index < -0.39 is 18.3 Å². The highest BCUT2D eigenvalue weighted by Gasteiger charge is 2.50. The summed E-state index contributed by atoms with van der Waals surface area (Å²) >= 11 is 0. The molecular weight excluding hydrogens is 421 g/mol. The zero-order chi connectivity index (χ0) is 20.4. The molecule has 3 aliphatic heterocycles. The molecule has 3 aliphatic rings. The zero-order valence-electron chi connectivity index (χ0n) is 15.8. The minimum Gasteiger partial charge on any atom is -1.00 e. The molecule has 0 saturated carbocycles. The Hall–Kier alpha value is -2.65. The normalized spacial score (nSPS) is 25.2. The number of halogens is 4. The molecule has 160 valence electrons. The number of nitrogens with zero attached hydrogens (tertiary/aromatic N) is 3. The summed E-state index contributed by atoms with van der Waals surface area (Å²) in [5.74, 6) is -0.306. The number of carbonyl (C=O) groups is 1. The fourth-order valence-electron chi connectivity index (χ4n) is 3.80. The maximum atomic E-state index is 13.6. The first-order chi connectivity index (χ1) is 13.9. The molecule has 4 rings (SSSR count). The number of amides is 1. The number of carbonyl (C=O) groups excluding carboxylic acids is 1. The van der Waals surface area contributed by atoms with Gasteiger partial charge in [-0.15, -0.1) is 0 Å². The topological polar surface area (TPSA) is 58.7 Å². The van der Waals surface area contributed by atoms with Gasteiger partial charge in [0.1, 0.15) is 24.5 Å². The molecule has 30 heavy (non-hydrogen) atoms. The number of rotatable bonds is 3. The zero-order valence-corrected chi connectivity index (χ0v) is 16.6. The van der Waals surface area contributed by atoms with Gasteiger partial charge in [-0.1, -0.05) is 30.3 Å². The van der Waals surface area contributed by atoms with E-state index in [1.807, 2.05) is 6.07 Å². The third-order valence-electron chi connectivity index (χ3n) is 5.26. The van der Waals surface area contributed by atoms with Crippen LogP contribution in [0, 0.1) is 5.92 Å². The first-order valence-electron chi connectivity index (χ1n) is 9.33. The minimum atomic E-state index is -4.51. The molecule has 0 radical (unpaired) electrons. The van der Waals surface area contributed by atoms with Gasteiger partial charge in [0, 0.05) is 12.5 Å². The van der Waals surface area contributed by atoms with Gasteiger partial charge >= 0.3 is 12.3 Å². The van der Waals surface area contributed by atoms with E-state index in [9.17, 15) is 18.0 Å². The van der Waals surface area contributed by atoms with E-state index >= 15 is 0 Å². The second-order valence-corrected chi connectivity index (χ2v) is 7.13. The molecule has 3 heterocycles. The van der Waals surface area contributed by atoms with Crippen LogP contribution in [-0.4, -0.2) is 42.3 Å². The van der Waals surface area contributed by atoms with Gasteiger partial charge in [0.2, 0.25) is 0 Å². The molecule has 1 N–H and O–H groups in total. The van der Waals surface area contributed by atoms with E-state index in [0.29, 0.717) is 11.3 Å². The lowest BCUT2D eigenvalue weighted by molar-refractivity contribution is -0.682. The van der Waals surface area contributed by atoms with E-state index in [2.05, 4.69) is 9.98 Å². The van der Waals surface area contributed by atoms with E-state index in [-0.39, 0.29) is 44.3 Å². The first kappa shape index (κ1) is 22.0. The molecule has 1 fully saturated rings. The second kappa shape index (κ2) is 9.01. The minimum absolute atomic E-state index is 0. The highest BCUT2D eigenvalue weighted by atomic mass is 35.5. The van der Waals surface area contributed by atoms with Crippen LogP contribution in [0.3, 0.4) is 0 Å². The molecular formula is C20H20ClF3N4O2. The predicted octanol–water partition coefficient (Wildman–Crippen LogP) is -0.336. The maximum Gasteiger partial charge on any atom is 0.410 e. The van der Waals surface area contributed by atoms with Crippen LogP contribution < -0.4 is 17.3 Å².